The maximum atomic E-state index is 12.6. The van der Waals surface area contributed by atoms with Crippen LogP contribution in [0, 0.1) is 6.92 Å². The van der Waals surface area contributed by atoms with Gasteiger partial charge in [-0.1, -0.05) is 23.7 Å². The van der Waals surface area contributed by atoms with Gasteiger partial charge in [0, 0.05) is 46.7 Å². The summed E-state index contributed by atoms with van der Waals surface area (Å²) >= 11 is 7.74. The number of aliphatic carboxylic acids is 1. The number of carbonyl (C=O) groups is 1. The van der Waals surface area contributed by atoms with Gasteiger partial charge in [-0.15, -0.1) is 11.3 Å². The summed E-state index contributed by atoms with van der Waals surface area (Å²) in [4.78, 5) is 28.9. The van der Waals surface area contributed by atoms with Crippen molar-refractivity contribution >= 4 is 44.9 Å². The van der Waals surface area contributed by atoms with Gasteiger partial charge in [0.05, 0.1) is 28.1 Å². The summed E-state index contributed by atoms with van der Waals surface area (Å²) in [6.45, 7) is 8.86. The molecule has 0 spiro atoms. The molecule has 1 atom stereocenters. The number of fused-ring (bicyclic) bond motifs is 2. The Hall–Kier alpha value is -4.05. The van der Waals surface area contributed by atoms with E-state index in [1.165, 1.54) is 11.3 Å². The molecule has 0 amide bonds. The van der Waals surface area contributed by atoms with E-state index in [1.807, 2.05) is 77.3 Å². The van der Waals surface area contributed by atoms with E-state index < -0.39 is 17.7 Å². The maximum Gasteiger partial charge on any atom is 0.337 e. The van der Waals surface area contributed by atoms with E-state index in [4.69, 9.17) is 26.1 Å². The number of halogens is 1. The second kappa shape index (κ2) is 11.2. The molecule has 1 N–H and O–H groups in total. The fraction of sp³-hybridized carbons (Fsp3) is 0.273. The number of rotatable bonds is 6. The number of benzene rings is 2. The summed E-state index contributed by atoms with van der Waals surface area (Å²) in [5.74, 6) is 0.498. The highest BCUT2D eigenvalue weighted by atomic mass is 35.5. The molecule has 0 unspecified atom stereocenters. The number of hydrogen-bond donors (Lipinski definition) is 1. The number of aromatic nitrogens is 3. The van der Waals surface area contributed by atoms with Crippen molar-refractivity contribution < 1.29 is 19.4 Å². The third-order valence-corrected chi connectivity index (χ3v) is 8.59. The molecule has 1 aliphatic rings. The quantitative estimate of drug-likeness (QED) is 0.207. The van der Waals surface area contributed by atoms with Crippen molar-refractivity contribution in [2.24, 2.45) is 0 Å². The molecule has 0 fully saturated rings. The number of hydrogen-bond acceptors (Lipinski definition) is 8. The highest BCUT2D eigenvalue weighted by Gasteiger charge is 2.32. The average Bonchev–Trinajstić information content (AvgIpc) is 3.39. The lowest BCUT2D eigenvalue weighted by molar-refractivity contribution is -0.160. The Morgan fingerprint density at radius 2 is 1.86 bits per heavy atom. The first-order chi connectivity index (χ1) is 20.5. The second-order valence-corrected chi connectivity index (χ2v) is 13.0. The van der Waals surface area contributed by atoms with Crippen molar-refractivity contribution in [3.63, 3.8) is 0 Å². The number of nitrogens with zero attached hydrogens (tertiary/aromatic N) is 4. The normalized spacial score (nSPS) is 14.0. The molecular formula is C33H31ClN4O4S. The molecule has 0 aliphatic carbocycles. The Kier molecular flexibility index (Phi) is 7.58. The zero-order valence-electron chi connectivity index (χ0n) is 24.5. The zero-order chi connectivity index (χ0) is 30.5. The summed E-state index contributed by atoms with van der Waals surface area (Å²) < 4.78 is 12.9. The lowest BCUT2D eigenvalue weighted by Crippen LogP contribution is -2.29. The summed E-state index contributed by atoms with van der Waals surface area (Å²) in [6.07, 6.45) is 2.40. The van der Waals surface area contributed by atoms with Crippen LogP contribution in [0.1, 0.15) is 38.0 Å². The molecule has 0 saturated carbocycles. The van der Waals surface area contributed by atoms with Crippen molar-refractivity contribution in [1.29, 1.82) is 0 Å². The lowest BCUT2D eigenvalue weighted by Gasteiger charge is -2.28. The molecule has 0 bridgehead atoms. The molecule has 43 heavy (non-hydrogen) atoms. The first-order valence-electron chi connectivity index (χ1n) is 13.9. The van der Waals surface area contributed by atoms with Gasteiger partial charge in [-0.25, -0.2) is 14.8 Å². The van der Waals surface area contributed by atoms with Crippen molar-refractivity contribution in [3.8, 4) is 38.7 Å². The van der Waals surface area contributed by atoms with Crippen LogP contribution in [0.15, 0.2) is 60.9 Å². The largest absolute Gasteiger partial charge is 0.488 e. The van der Waals surface area contributed by atoms with E-state index in [0.717, 1.165) is 66.8 Å². The predicted octanol–water partition coefficient (Wildman–Crippen LogP) is 7.82. The molecular weight excluding hydrogens is 584 g/mol. The van der Waals surface area contributed by atoms with Crippen LogP contribution in [0.4, 0.5) is 5.82 Å². The summed E-state index contributed by atoms with van der Waals surface area (Å²) in [7, 11) is 2.00. The van der Waals surface area contributed by atoms with E-state index in [1.54, 1.807) is 18.3 Å². The molecule has 1 aliphatic heterocycles. The summed E-state index contributed by atoms with van der Waals surface area (Å²) in [5.41, 5.74) is 5.60. The van der Waals surface area contributed by atoms with Gasteiger partial charge in [-0.05, 0) is 75.2 Å². The van der Waals surface area contributed by atoms with Crippen LogP contribution < -0.4 is 9.64 Å². The number of likely N-dealkylation sites (N-methyl/N-ethyl adjacent to an activating group) is 1. The minimum absolute atomic E-state index is 0.595. The minimum atomic E-state index is -1.18. The van der Waals surface area contributed by atoms with Crippen LogP contribution in [-0.4, -0.2) is 51.8 Å². The highest BCUT2D eigenvalue weighted by molar-refractivity contribution is 7.22. The Morgan fingerprint density at radius 3 is 2.58 bits per heavy atom. The van der Waals surface area contributed by atoms with Crippen LogP contribution >= 0.6 is 22.9 Å². The number of ether oxygens (including phenoxy) is 2. The molecule has 0 saturated heterocycles. The van der Waals surface area contributed by atoms with Gasteiger partial charge in [-0.3, -0.25) is 4.98 Å². The van der Waals surface area contributed by atoms with Crippen LogP contribution in [0.2, 0.25) is 5.02 Å². The van der Waals surface area contributed by atoms with Crippen LogP contribution in [0.3, 0.4) is 0 Å². The van der Waals surface area contributed by atoms with E-state index in [-0.39, 0.29) is 0 Å². The Bertz CT molecular complexity index is 1850. The molecule has 10 heteroatoms. The number of carboxylic acid groups (broad SMARTS) is 1. The molecule has 5 aromatic rings. The monoisotopic (exact) mass is 614 g/mol. The molecule has 8 nitrogen and oxygen atoms in total. The number of aryl methyl sites for hydroxylation is 1. The molecule has 220 valence electrons. The lowest BCUT2D eigenvalue weighted by atomic mass is 9.91. The van der Waals surface area contributed by atoms with E-state index in [9.17, 15) is 9.90 Å². The standard InChI is InChI=1S/C33H31ClN4O4S/c1-18-14-24-29(27(19-6-8-22(34)9-7-19)26(18)28(32(39)40)42-33(2,3)4)43-31(37-24)20-10-11-35-23(15-20)21-16-25-30(36-17-21)38(5)12-13-41-25/h6-11,14-17,28H,12-13H2,1-5H3,(H,39,40)/t28-/m0/s1. The predicted molar refractivity (Wildman–Crippen MR) is 171 cm³/mol. The fourth-order valence-electron chi connectivity index (χ4n) is 5.25. The number of thiazole rings is 1. The minimum Gasteiger partial charge on any atom is -0.488 e. The Labute approximate surface area is 258 Å². The van der Waals surface area contributed by atoms with Gasteiger partial charge in [-0.2, -0.15) is 0 Å². The van der Waals surface area contributed by atoms with Crippen molar-refractivity contribution in [2.45, 2.75) is 39.4 Å². The van der Waals surface area contributed by atoms with Crippen LogP contribution in [-0.2, 0) is 9.53 Å². The van der Waals surface area contributed by atoms with Crippen LogP contribution in [0.5, 0.6) is 5.75 Å². The van der Waals surface area contributed by atoms with Gasteiger partial charge in [0.1, 0.15) is 11.6 Å². The van der Waals surface area contributed by atoms with E-state index in [2.05, 4.69) is 14.9 Å². The smallest absolute Gasteiger partial charge is 0.337 e. The summed E-state index contributed by atoms with van der Waals surface area (Å²) in [6, 6.07) is 15.3. The molecule has 6 rings (SSSR count). The first-order valence-corrected chi connectivity index (χ1v) is 15.1. The molecule has 3 aromatic heterocycles. The van der Waals surface area contributed by atoms with E-state index in [0.29, 0.717) is 17.2 Å². The number of anilines is 1. The Balaban J connectivity index is 1.50. The molecule has 0 radical (unpaired) electrons. The number of pyridine rings is 2. The zero-order valence-corrected chi connectivity index (χ0v) is 26.1. The van der Waals surface area contributed by atoms with Gasteiger partial charge in [0.25, 0.3) is 0 Å². The first kappa shape index (κ1) is 29.0. The fourth-order valence-corrected chi connectivity index (χ4v) is 6.50. The average molecular weight is 615 g/mol. The molecule has 2 aromatic carbocycles. The molecule has 4 heterocycles. The van der Waals surface area contributed by atoms with Crippen LogP contribution in [0.25, 0.3) is 43.2 Å². The van der Waals surface area contributed by atoms with Gasteiger partial charge >= 0.3 is 5.97 Å². The van der Waals surface area contributed by atoms with E-state index >= 15 is 0 Å². The highest BCUT2D eigenvalue weighted by Crippen LogP contribution is 2.44. The van der Waals surface area contributed by atoms with Gasteiger partial charge < -0.3 is 19.5 Å². The third kappa shape index (κ3) is 5.80. The van der Waals surface area contributed by atoms with Gasteiger partial charge in [0.2, 0.25) is 0 Å². The second-order valence-electron chi connectivity index (χ2n) is 11.6. The van der Waals surface area contributed by atoms with Gasteiger partial charge in [0.15, 0.2) is 17.7 Å². The summed E-state index contributed by atoms with van der Waals surface area (Å²) in [5, 5.41) is 11.7. The number of carboxylic acids is 1. The van der Waals surface area contributed by atoms with Crippen molar-refractivity contribution in [3.05, 3.63) is 77.1 Å². The van der Waals surface area contributed by atoms with Crippen molar-refractivity contribution in [2.75, 3.05) is 25.1 Å². The Morgan fingerprint density at radius 1 is 1.09 bits per heavy atom. The third-order valence-electron chi connectivity index (χ3n) is 7.20. The topological polar surface area (TPSA) is 97.7 Å². The SMILES string of the molecule is Cc1cc2nc(-c3ccnc(-c4cnc5c(c4)OCCN5C)c3)sc2c(-c2ccc(Cl)cc2)c1[C@H](OC(C)(C)C)C(=O)O. The maximum absolute atomic E-state index is 12.6. The van der Waals surface area contributed by atoms with Crippen molar-refractivity contribution in [1.82, 2.24) is 15.0 Å².